The summed E-state index contributed by atoms with van der Waals surface area (Å²) < 4.78 is 21.9. The van der Waals surface area contributed by atoms with E-state index in [4.69, 9.17) is 18.9 Å². The quantitative estimate of drug-likeness (QED) is 0.568. The molecule has 0 bridgehead atoms. The molecular weight excluding hydrogens is 424 g/mol. The van der Waals surface area contributed by atoms with Gasteiger partial charge >= 0.3 is 5.97 Å². The van der Waals surface area contributed by atoms with Gasteiger partial charge in [-0.25, -0.2) is 4.79 Å². The average Bonchev–Trinajstić information content (AvgIpc) is 3.40. The fourth-order valence-corrected chi connectivity index (χ4v) is 4.02. The average molecular weight is 455 g/mol. The molecular formula is C25H30N2O6. The predicted octanol–water partition coefficient (Wildman–Crippen LogP) is 2.76. The molecule has 2 aromatic rings. The Kier molecular flexibility index (Phi) is 7.67. The number of ether oxygens (including phenoxy) is 4. The monoisotopic (exact) mass is 454 g/mol. The Morgan fingerprint density at radius 1 is 1.03 bits per heavy atom. The minimum atomic E-state index is -0.567. The van der Waals surface area contributed by atoms with Crippen molar-refractivity contribution in [3.63, 3.8) is 0 Å². The van der Waals surface area contributed by atoms with Gasteiger partial charge < -0.3 is 28.7 Å². The highest BCUT2D eigenvalue weighted by Crippen LogP contribution is 2.22. The fourth-order valence-electron chi connectivity index (χ4n) is 4.02. The summed E-state index contributed by atoms with van der Waals surface area (Å²) in [6.45, 7) is 3.42. The largest absolute Gasteiger partial charge is 0.497 e. The Bertz CT molecular complexity index is 934. The van der Waals surface area contributed by atoms with Gasteiger partial charge in [-0.1, -0.05) is 12.1 Å². The van der Waals surface area contributed by atoms with Crippen LogP contribution < -0.4 is 14.4 Å². The minimum absolute atomic E-state index is 0.0484. The molecule has 8 heteroatoms. The van der Waals surface area contributed by atoms with E-state index in [1.54, 1.807) is 36.3 Å². The third-order valence-electron chi connectivity index (χ3n) is 5.95. The number of carbonyl (C=O) groups excluding carboxylic acids is 2. The number of methoxy groups -OCH3 is 1. The van der Waals surface area contributed by atoms with Crippen LogP contribution >= 0.6 is 0 Å². The summed E-state index contributed by atoms with van der Waals surface area (Å²) in [4.78, 5) is 29.2. The third kappa shape index (κ3) is 5.96. The molecule has 2 aliphatic rings. The third-order valence-corrected chi connectivity index (χ3v) is 5.95. The first-order valence-electron chi connectivity index (χ1n) is 11.3. The molecule has 8 nitrogen and oxygen atoms in total. The number of para-hydroxylation sites is 1. The Balaban J connectivity index is 1.25. The van der Waals surface area contributed by atoms with E-state index < -0.39 is 5.97 Å². The van der Waals surface area contributed by atoms with Gasteiger partial charge in [-0.05, 0) is 49.2 Å². The number of carbonyl (C=O) groups is 2. The van der Waals surface area contributed by atoms with Crippen LogP contribution in [0.3, 0.4) is 0 Å². The molecule has 0 saturated carbocycles. The lowest BCUT2D eigenvalue weighted by atomic mass is 10.2. The molecule has 0 aliphatic carbocycles. The number of amides is 1. The highest BCUT2D eigenvalue weighted by atomic mass is 16.5. The lowest BCUT2D eigenvalue weighted by Crippen LogP contribution is -2.49. The van der Waals surface area contributed by atoms with Gasteiger partial charge in [0.05, 0.1) is 13.2 Å². The van der Waals surface area contributed by atoms with Gasteiger partial charge in [-0.15, -0.1) is 0 Å². The second-order valence-electron chi connectivity index (χ2n) is 8.08. The van der Waals surface area contributed by atoms with E-state index in [0.29, 0.717) is 44.1 Å². The van der Waals surface area contributed by atoms with Crippen molar-refractivity contribution in [3.8, 4) is 11.5 Å². The number of esters is 1. The zero-order valence-electron chi connectivity index (χ0n) is 18.9. The molecule has 0 aromatic heterocycles. The molecule has 2 fully saturated rings. The number of hydrogen-bond acceptors (Lipinski definition) is 7. The maximum Gasteiger partial charge on any atom is 0.342 e. The van der Waals surface area contributed by atoms with Crippen LogP contribution in [-0.4, -0.2) is 76.0 Å². The van der Waals surface area contributed by atoms with E-state index in [1.807, 2.05) is 24.3 Å². The van der Waals surface area contributed by atoms with Crippen LogP contribution in [-0.2, 0) is 14.3 Å². The summed E-state index contributed by atoms with van der Waals surface area (Å²) in [6.07, 6.45) is 2.02. The van der Waals surface area contributed by atoms with Crippen molar-refractivity contribution < 1.29 is 28.5 Å². The van der Waals surface area contributed by atoms with Gasteiger partial charge in [0.2, 0.25) is 0 Å². The summed E-state index contributed by atoms with van der Waals surface area (Å²) in [7, 11) is 1.64. The van der Waals surface area contributed by atoms with Crippen LogP contribution in [0.2, 0.25) is 0 Å². The highest BCUT2D eigenvalue weighted by molar-refractivity contribution is 5.94. The van der Waals surface area contributed by atoms with E-state index in [0.717, 1.165) is 30.9 Å². The van der Waals surface area contributed by atoms with Gasteiger partial charge in [0, 0.05) is 38.5 Å². The second-order valence-corrected chi connectivity index (χ2v) is 8.08. The number of benzene rings is 2. The maximum atomic E-state index is 12.6. The number of piperazine rings is 1. The zero-order valence-corrected chi connectivity index (χ0v) is 18.9. The van der Waals surface area contributed by atoms with Crippen molar-refractivity contribution in [1.29, 1.82) is 0 Å². The normalized spacial score (nSPS) is 18.2. The smallest absolute Gasteiger partial charge is 0.342 e. The van der Waals surface area contributed by atoms with Gasteiger partial charge in [0.25, 0.3) is 5.91 Å². The lowest BCUT2D eigenvalue weighted by molar-refractivity contribution is -0.134. The predicted molar refractivity (Wildman–Crippen MR) is 123 cm³/mol. The van der Waals surface area contributed by atoms with Gasteiger partial charge in [-0.2, -0.15) is 0 Å². The highest BCUT2D eigenvalue weighted by Gasteiger charge is 2.24. The van der Waals surface area contributed by atoms with Crippen LogP contribution in [0.25, 0.3) is 0 Å². The molecule has 33 heavy (non-hydrogen) atoms. The van der Waals surface area contributed by atoms with Crippen molar-refractivity contribution in [1.82, 2.24) is 4.90 Å². The number of anilines is 1. The summed E-state index contributed by atoms with van der Waals surface area (Å²) in [5.74, 6) is 0.491. The minimum Gasteiger partial charge on any atom is -0.497 e. The summed E-state index contributed by atoms with van der Waals surface area (Å²) >= 11 is 0. The number of rotatable bonds is 8. The molecule has 0 unspecified atom stereocenters. The number of hydrogen-bond donors (Lipinski definition) is 0. The first-order valence-corrected chi connectivity index (χ1v) is 11.3. The summed E-state index contributed by atoms with van der Waals surface area (Å²) in [6, 6.07) is 14.8. The maximum absolute atomic E-state index is 12.6. The van der Waals surface area contributed by atoms with Crippen molar-refractivity contribution in [3.05, 3.63) is 54.1 Å². The molecule has 176 valence electrons. The molecule has 2 heterocycles. The summed E-state index contributed by atoms with van der Waals surface area (Å²) in [5.41, 5.74) is 1.40. The Labute approximate surface area is 194 Å². The van der Waals surface area contributed by atoms with Crippen LogP contribution in [0.15, 0.2) is 48.5 Å². The first kappa shape index (κ1) is 22.9. The van der Waals surface area contributed by atoms with Gasteiger partial charge in [-0.3, -0.25) is 4.79 Å². The van der Waals surface area contributed by atoms with E-state index in [1.165, 1.54) is 0 Å². The molecule has 2 saturated heterocycles. The number of nitrogens with zero attached hydrogens (tertiary/aromatic N) is 2. The zero-order chi connectivity index (χ0) is 23.0. The van der Waals surface area contributed by atoms with Crippen LogP contribution in [0, 0.1) is 0 Å². The molecule has 0 radical (unpaired) electrons. The Morgan fingerprint density at radius 2 is 1.79 bits per heavy atom. The topological polar surface area (TPSA) is 77.5 Å². The summed E-state index contributed by atoms with van der Waals surface area (Å²) in [5, 5.41) is 0. The molecule has 2 aromatic carbocycles. The molecule has 1 amide bonds. The molecule has 0 N–H and O–H groups in total. The van der Waals surface area contributed by atoms with Gasteiger partial charge in [0.15, 0.2) is 6.61 Å². The molecule has 1 atom stereocenters. The lowest BCUT2D eigenvalue weighted by Gasteiger charge is -2.36. The van der Waals surface area contributed by atoms with Crippen molar-refractivity contribution in [2.24, 2.45) is 0 Å². The molecule has 0 spiro atoms. The van der Waals surface area contributed by atoms with Crippen molar-refractivity contribution in [2.45, 2.75) is 18.9 Å². The van der Waals surface area contributed by atoms with E-state index in [9.17, 15) is 9.59 Å². The molecule has 2 aliphatic heterocycles. The Morgan fingerprint density at radius 3 is 2.48 bits per heavy atom. The van der Waals surface area contributed by atoms with Crippen LogP contribution in [0.1, 0.15) is 23.2 Å². The van der Waals surface area contributed by atoms with Crippen molar-refractivity contribution >= 4 is 17.6 Å². The van der Waals surface area contributed by atoms with Crippen LogP contribution in [0.5, 0.6) is 11.5 Å². The first-order chi connectivity index (χ1) is 16.1. The van der Waals surface area contributed by atoms with E-state index >= 15 is 0 Å². The fraction of sp³-hybridized carbons (Fsp3) is 0.440. The second kappa shape index (κ2) is 11.0. The standard InChI is InChI=1S/C25H30N2O6/c1-30-20-10-8-19(9-11-20)26-12-14-27(15-13-26)24(28)18-33-25(29)22-6-2-3-7-23(22)32-17-21-5-4-16-31-21/h2-3,6-11,21H,4-5,12-18H2,1H3/t21-/m1/s1. The van der Waals surface area contributed by atoms with Crippen molar-refractivity contribution in [2.75, 3.05) is 58.0 Å². The SMILES string of the molecule is COc1ccc(N2CCN(C(=O)COC(=O)c3ccccc3OC[C@H]3CCCO3)CC2)cc1. The van der Waals surface area contributed by atoms with Crippen LogP contribution in [0.4, 0.5) is 5.69 Å². The van der Waals surface area contributed by atoms with E-state index in [2.05, 4.69) is 4.90 Å². The van der Waals surface area contributed by atoms with Gasteiger partial charge in [0.1, 0.15) is 23.7 Å². The Hall–Kier alpha value is -3.26. The van der Waals surface area contributed by atoms with E-state index in [-0.39, 0.29) is 18.6 Å². The molecule has 4 rings (SSSR count).